The van der Waals surface area contributed by atoms with E-state index in [2.05, 4.69) is 5.32 Å². The van der Waals surface area contributed by atoms with E-state index in [1.807, 2.05) is 25.9 Å². The molecule has 6 heteroatoms. The summed E-state index contributed by atoms with van der Waals surface area (Å²) in [4.78, 5) is 39.5. The van der Waals surface area contributed by atoms with Crippen LogP contribution in [0.3, 0.4) is 0 Å². The largest absolute Gasteiger partial charge is 0.331 e. The van der Waals surface area contributed by atoms with E-state index in [0.29, 0.717) is 19.3 Å². The summed E-state index contributed by atoms with van der Waals surface area (Å²) in [6.07, 6.45) is 2.69. The summed E-state index contributed by atoms with van der Waals surface area (Å²) in [6, 6.07) is -0.765. The molecule has 1 unspecified atom stereocenters. The lowest BCUT2D eigenvalue weighted by Crippen LogP contribution is -2.67. The molecule has 1 saturated carbocycles. The van der Waals surface area contributed by atoms with E-state index < -0.39 is 17.4 Å². The first-order valence-electron chi connectivity index (χ1n) is 6.72. The van der Waals surface area contributed by atoms with Gasteiger partial charge in [0.25, 0.3) is 0 Å². The zero-order valence-corrected chi connectivity index (χ0v) is 11.7. The van der Waals surface area contributed by atoms with E-state index >= 15 is 0 Å². The Balaban J connectivity index is 2.12. The summed E-state index contributed by atoms with van der Waals surface area (Å²) >= 11 is 0. The first-order valence-corrected chi connectivity index (χ1v) is 6.72. The summed E-state index contributed by atoms with van der Waals surface area (Å²) in [5.74, 6) is -0.719. The Morgan fingerprint density at radius 1 is 1.32 bits per heavy atom. The number of hydrogen-bond donors (Lipinski definition) is 1. The minimum Gasteiger partial charge on any atom is -0.309 e. The molecule has 0 radical (unpaired) electrons. The maximum atomic E-state index is 12.5. The molecule has 1 aliphatic heterocycles. The van der Waals surface area contributed by atoms with Gasteiger partial charge in [0.15, 0.2) is 0 Å². The van der Waals surface area contributed by atoms with Gasteiger partial charge >= 0.3 is 6.03 Å². The zero-order chi connectivity index (χ0) is 14.2. The molecule has 1 spiro atoms. The van der Waals surface area contributed by atoms with Gasteiger partial charge in [0, 0.05) is 6.04 Å². The number of nitrogens with zero attached hydrogens (tertiary/aromatic N) is 2. The molecule has 0 aromatic rings. The average molecular weight is 267 g/mol. The number of urea groups is 1. The number of imide groups is 2. The molecule has 0 bridgehead atoms. The third-order valence-electron chi connectivity index (χ3n) is 4.14. The number of barbiturate groups is 1. The van der Waals surface area contributed by atoms with Crippen LogP contribution in [0.15, 0.2) is 0 Å². The minimum absolute atomic E-state index is 0.194. The van der Waals surface area contributed by atoms with Gasteiger partial charge < -0.3 is 4.90 Å². The molecule has 2 rings (SSSR count). The third kappa shape index (κ3) is 2.25. The Kier molecular flexibility index (Phi) is 3.62. The maximum absolute atomic E-state index is 12.5. The van der Waals surface area contributed by atoms with Gasteiger partial charge in [-0.2, -0.15) is 0 Å². The summed E-state index contributed by atoms with van der Waals surface area (Å²) in [7, 11) is 3.89. The predicted octanol–water partition coefficient (Wildman–Crippen LogP) is 0.575. The first-order chi connectivity index (χ1) is 8.88. The van der Waals surface area contributed by atoms with E-state index in [9.17, 15) is 14.4 Å². The van der Waals surface area contributed by atoms with E-state index in [-0.39, 0.29) is 11.9 Å². The van der Waals surface area contributed by atoms with Crippen molar-refractivity contribution >= 4 is 17.8 Å². The number of hydrogen-bond acceptors (Lipinski definition) is 4. The van der Waals surface area contributed by atoms with Crippen LogP contribution in [0.2, 0.25) is 0 Å². The smallest absolute Gasteiger partial charge is 0.309 e. The van der Waals surface area contributed by atoms with Gasteiger partial charge in [-0.05, 0) is 46.8 Å². The van der Waals surface area contributed by atoms with Crippen LogP contribution in [-0.4, -0.2) is 54.3 Å². The molecular weight excluding hydrogens is 246 g/mol. The fraction of sp³-hybridized carbons (Fsp3) is 0.769. The zero-order valence-electron chi connectivity index (χ0n) is 11.7. The van der Waals surface area contributed by atoms with Crippen molar-refractivity contribution in [3.8, 4) is 0 Å². The van der Waals surface area contributed by atoms with Crippen molar-refractivity contribution in [1.29, 1.82) is 0 Å². The van der Waals surface area contributed by atoms with Crippen LogP contribution in [0.25, 0.3) is 0 Å². The number of carbonyl (C=O) groups is 3. The molecule has 0 aromatic carbocycles. The van der Waals surface area contributed by atoms with Crippen LogP contribution >= 0.6 is 0 Å². The van der Waals surface area contributed by atoms with E-state index in [0.717, 1.165) is 13.0 Å². The molecule has 2 fully saturated rings. The lowest BCUT2D eigenvalue weighted by atomic mass is 9.66. The Morgan fingerprint density at radius 2 is 1.95 bits per heavy atom. The lowest BCUT2D eigenvalue weighted by Gasteiger charge is -2.46. The number of carbonyl (C=O) groups excluding carboxylic acids is 3. The molecular formula is C13H21N3O3. The highest BCUT2D eigenvalue weighted by Gasteiger charge is 2.57. The van der Waals surface area contributed by atoms with Crippen LogP contribution in [0, 0.1) is 5.41 Å². The molecule has 6 nitrogen and oxygen atoms in total. The summed E-state index contributed by atoms with van der Waals surface area (Å²) in [5.41, 5.74) is -0.958. The maximum Gasteiger partial charge on any atom is 0.331 e. The Hall–Kier alpha value is -1.43. The monoisotopic (exact) mass is 267 g/mol. The molecule has 1 saturated heterocycles. The van der Waals surface area contributed by atoms with Gasteiger partial charge in [-0.1, -0.05) is 6.42 Å². The fourth-order valence-corrected chi connectivity index (χ4v) is 2.64. The highest BCUT2D eigenvalue weighted by molar-refractivity contribution is 6.19. The van der Waals surface area contributed by atoms with Crippen molar-refractivity contribution in [1.82, 2.24) is 15.1 Å². The first kappa shape index (κ1) is 14.0. The van der Waals surface area contributed by atoms with Crippen LogP contribution in [0.1, 0.15) is 32.6 Å². The highest BCUT2D eigenvalue weighted by Crippen LogP contribution is 2.44. The van der Waals surface area contributed by atoms with Gasteiger partial charge in [-0.15, -0.1) is 0 Å². The molecule has 106 valence electrons. The van der Waals surface area contributed by atoms with Crippen LogP contribution in [0.4, 0.5) is 4.79 Å². The van der Waals surface area contributed by atoms with Crippen LogP contribution in [-0.2, 0) is 9.59 Å². The highest BCUT2D eigenvalue weighted by atomic mass is 16.2. The van der Waals surface area contributed by atoms with Gasteiger partial charge in [0.2, 0.25) is 11.8 Å². The fourth-order valence-electron chi connectivity index (χ4n) is 2.64. The summed E-state index contributed by atoms with van der Waals surface area (Å²) in [6.45, 7) is 2.64. The number of rotatable bonds is 4. The number of amides is 4. The summed E-state index contributed by atoms with van der Waals surface area (Å²) < 4.78 is 0. The molecule has 19 heavy (non-hydrogen) atoms. The molecule has 2 aliphatic rings. The quantitative estimate of drug-likeness (QED) is 0.756. The minimum atomic E-state index is -0.958. The second-order valence-electron chi connectivity index (χ2n) is 5.81. The molecule has 1 aliphatic carbocycles. The summed E-state index contributed by atoms with van der Waals surface area (Å²) in [5, 5.41) is 2.33. The Bertz CT molecular complexity index is 415. The second kappa shape index (κ2) is 4.92. The predicted molar refractivity (Wildman–Crippen MR) is 69.3 cm³/mol. The second-order valence-corrected chi connectivity index (χ2v) is 5.81. The molecule has 4 amide bonds. The van der Waals surface area contributed by atoms with E-state index in [4.69, 9.17) is 0 Å². The molecule has 1 heterocycles. The SMILES string of the molecule is CC(CCN(C)C)N1C(=O)NC(=O)C2(CCC2)C1=O. The Labute approximate surface area is 113 Å². The molecule has 1 atom stereocenters. The third-order valence-corrected chi connectivity index (χ3v) is 4.14. The van der Waals surface area contributed by atoms with Crippen molar-refractivity contribution in [2.24, 2.45) is 5.41 Å². The van der Waals surface area contributed by atoms with E-state index in [1.54, 1.807) is 0 Å². The van der Waals surface area contributed by atoms with Crippen LogP contribution in [0.5, 0.6) is 0 Å². The van der Waals surface area contributed by atoms with Crippen molar-refractivity contribution in [3.63, 3.8) is 0 Å². The van der Waals surface area contributed by atoms with Crippen molar-refractivity contribution in [2.75, 3.05) is 20.6 Å². The van der Waals surface area contributed by atoms with Gasteiger partial charge in [0.05, 0.1) is 0 Å². The van der Waals surface area contributed by atoms with Gasteiger partial charge in [-0.25, -0.2) is 4.79 Å². The average Bonchev–Trinajstić information content (AvgIpc) is 2.23. The standard InChI is InChI=1S/C13H21N3O3/c1-9(5-8-15(2)3)16-11(18)13(6-4-7-13)10(17)14-12(16)19/h9H,4-8H2,1-3H3,(H,14,17,19). The Morgan fingerprint density at radius 3 is 2.42 bits per heavy atom. The van der Waals surface area contributed by atoms with Crippen LogP contribution < -0.4 is 5.32 Å². The van der Waals surface area contributed by atoms with Crippen molar-refractivity contribution in [2.45, 2.75) is 38.6 Å². The topological polar surface area (TPSA) is 69.7 Å². The lowest BCUT2D eigenvalue weighted by molar-refractivity contribution is -0.159. The number of nitrogens with one attached hydrogen (secondary N) is 1. The van der Waals surface area contributed by atoms with Gasteiger partial charge in [-0.3, -0.25) is 19.8 Å². The normalized spacial score (nSPS) is 23.6. The molecule has 0 aromatic heterocycles. The van der Waals surface area contributed by atoms with E-state index in [1.165, 1.54) is 4.90 Å². The molecule has 1 N–H and O–H groups in total. The van der Waals surface area contributed by atoms with Crippen molar-refractivity contribution < 1.29 is 14.4 Å². The van der Waals surface area contributed by atoms with Gasteiger partial charge in [0.1, 0.15) is 5.41 Å². The van der Waals surface area contributed by atoms with Crippen molar-refractivity contribution in [3.05, 3.63) is 0 Å².